The molecule has 0 spiro atoms. The molecule has 0 heterocycles. The Bertz CT molecular complexity index is 674. The molecule has 0 aliphatic rings. The topological polar surface area (TPSA) is 38.8 Å². The van der Waals surface area contributed by atoms with Gasteiger partial charge in [-0.25, -0.2) is 0 Å². The van der Waals surface area contributed by atoms with Gasteiger partial charge in [0.15, 0.2) is 17.3 Å². The highest BCUT2D eigenvalue weighted by atomic mass is 35.5. The van der Waals surface area contributed by atoms with Crippen LogP contribution in [0, 0.1) is 5.92 Å². The lowest BCUT2D eigenvalue weighted by Crippen LogP contribution is -2.30. The highest BCUT2D eigenvalue weighted by Gasteiger charge is 2.25. The van der Waals surface area contributed by atoms with Crippen molar-refractivity contribution in [3.05, 3.63) is 59.7 Å². The number of Topliss-reactive ketones (excluding diaryl/α,β-unsaturated/α-hetero) is 1. The summed E-state index contributed by atoms with van der Waals surface area (Å²) in [4.78, 5) is 15.2. The van der Waals surface area contributed by atoms with Crippen molar-refractivity contribution >= 4 is 18.2 Å². The molecule has 0 aliphatic carbocycles. The van der Waals surface area contributed by atoms with Gasteiger partial charge in [0.1, 0.15) is 0 Å². The molecule has 1 atom stereocenters. The second kappa shape index (κ2) is 10.1. The molecule has 0 bridgehead atoms. The van der Waals surface area contributed by atoms with Crippen LogP contribution in [0.15, 0.2) is 48.5 Å². The summed E-state index contributed by atoms with van der Waals surface area (Å²) in [6.45, 7) is 0.675. The van der Waals surface area contributed by atoms with Crippen LogP contribution >= 0.6 is 12.4 Å². The van der Waals surface area contributed by atoms with Crippen LogP contribution in [-0.4, -0.2) is 45.5 Å². The minimum absolute atomic E-state index is 0. The van der Waals surface area contributed by atoms with Crippen molar-refractivity contribution in [3.8, 4) is 11.5 Å². The molecule has 0 saturated heterocycles. The summed E-state index contributed by atoms with van der Waals surface area (Å²) in [6.07, 6.45) is 0.693. The monoisotopic (exact) mass is 363 g/mol. The fraction of sp³-hybridized carbons (Fsp3) is 0.350. The molecule has 0 radical (unpaired) electrons. The Labute approximate surface area is 156 Å². The van der Waals surface area contributed by atoms with E-state index in [0.29, 0.717) is 30.0 Å². The minimum Gasteiger partial charge on any atom is -0.493 e. The van der Waals surface area contributed by atoms with Crippen LogP contribution in [-0.2, 0) is 6.42 Å². The van der Waals surface area contributed by atoms with Crippen molar-refractivity contribution in [1.29, 1.82) is 0 Å². The van der Waals surface area contributed by atoms with Crippen molar-refractivity contribution in [2.24, 2.45) is 5.92 Å². The third kappa shape index (κ3) is 5.48. The normalized spacial score (nSPS) is 11.6. The summed E-state index contributed by atoms with van der Waals surface area (Å²) in [5.74, 6) is 1.00. The van der Waals surface area contributed by atoms with E-state index in [-0.39, 0.29) is 24.1 Å². The third-order valence-corrected chi connectivity index (χ3v) is 3.95. The van der Waals surface area contributed by atoms with Crippen LogP contribution in [0.4, 0.5) is 0 Å². The van der Waals surface area contributed by atoms with Gasteiger partial charge in [-0.05, 0) is 38.2 Å². The Morgan fingerprint density at radius 1 is 1.00 bits per heavy atom. The number of benzene rings is 2. The van der Waals surface area contributed by atoms with E-state index in [1.54, 1.807) is 26.4 Å². The first-order chi connectivity index (χ1) is 11.6. The largest absolute Gasteiger partial charge is 0.493 e. The Kier molecular flexibility index (Phi) is 8.46. The maximum Gasteiger partial charge on any atom is 0.171 e. The van der Waals surface area contributed by atoms with Crippen LogP contribution in [0.25, 0.3) is 0 Å². The van der Waals surface area contributed by atoms with Crippen molar-refractivity contribution in [2.75, 3.05) is 34.9 Å². The van der Waals surface area contributed by atoms with E-state index in [4.69, 9.17) is 9.47 Å². The fourth-order valence-electron chi connectivity index (χ4n) is 2.88. The molecule has 4 nitrogen and oxygen atoms in total. The molecular formula is C20H26ClNO3. The SMILES string of the molecule is COc1cccc(C(=O)[C@@H](Cc2ccccc2)CN(C)C)c1OC.Cl. The summed E-state index contributed by atoms with van der Waals surface area (Å²) in [7, 11) is 7.10. The molecule has 2 aromatic carbocycles. The number of hydrogen-bond donors (Lipinski definition) is 0. The van der Waals surface area contributed by atoms with Gasteiger partial charge in [-0.3, -0.25) is 4.79 Å². The number of ketones is 1. The lowest BCUT2D eigenvalue weighted by Gasteiger charge is -2.21. The number of hydrogen-bond acceptors (Lipinski definition) is 4. The molecule has 0 fully saturated rings. The maximum atomic E-state index is 13.2. The van der Waals surface area contributed by atoms with E-state index in [9.17, 15) is 4.79 Å². The quantitative estimate of drug-likeness (QED) is 0.670. The second-order valence-corrected chi connectivity index (χ2v) is 6.05. The van der Waals surface area contributed by atoms with Crippen molar-refractivity contribution < 1.29 is 14.3 Å². The van der Waals surface area contributed by atoms with Crippen LogP contribution in [0.1, 0.15) is 15.9 Å². The zero-order valence-electron chi connectivity index (χ0n) is 15.2. The first-order valence-electron chi connectivity index (χ1n) is 8.00. The summed E-state index contributed by atoms with van der Waals surface area (Å²) in [6, 6.07) is 15.5. The first-order valence-corrected chi connectivity index (χ1v) is 8.00. The molecule has 2 rings (SSSR count). The highest BCUT2D eigenvalue weighted by Crippen LogP contribution is 2.32. The predicted octanol–water partition coefficient (Wildman–Crippen LogP) is 3.73. The van der Waals surface area contributed by atoms with Gasteiger partial charge in [0.05, 0.1) is 19.8 Å². The third-order valence-electron chi connectivity index (χ3n) is 3.95. The van der Waals surface area contributed by atoms with Crippen LogP contribution < -0.4 is 9.47 Å². The summed E-state index contributed by atoms with van der Waals surface area (Å²) in [5.41, 5.74) is 1.72. The van der Waals surface area contributed by atoms with Gasteiger partial charge < -0.3 is 14.4 Å². The molecule has 0 saturated carbocycles. The number of carbonyl (C=O) groups is 1. The number of para-hydroxylation sites is 1. The highest BCUT2D eigenvalue weighted by molar-refractivity contribution is 6.01. The number of carbonyl (C=O) groups excluding carboxylic acids is 1. The predicted molar refractivity (Wildman–Crippen MR) is 103 cm³/mol. The first kappa shape index (κ1) is 21.0. The van der Waals surface area contributed by atoms with E-state index in [0.717, 1.165) is 5.56 Å². The van der Waals surface area contributed by atoms with E-state index in [2.05, 4.69) is 12.1 Å². The number of ether oxygens (including phenoxy) is 2. The van der Waals surface area contributed by atoms with E-state index < -0.39 is 0 Å². The van der Waals surface area contributed by atoms with E-state index in [1.807, 2.05) is 43.3 Å². The fourth-order valence-corrected chi connectivity index (χ4v) is 2.88. The zero-order chi connectivity index (χ0) is 17.5. The number of methoxy groups -OCH3 is 2. The van der Waals surface area contributed by atoms with Gasteiger partial charge in [-0.15, -0.1) is 12.4 Å². The average molecular weight is 364 g/mol. The number of rotatable bonds is 8. The van der Waals surface area contributed by atoms with Gasteiger partial charge >= 0.3 is 0 Å². The molecule has 0 aromatic heterocycles. The van der Waals surface area contributed by atoms with Crippen LogP contribution in [0.2, 0.25) is 0 Å². The lowest BCUT2D eigenvalue weighted by atomic mass is 9.90. The van der Waals surface area contributed by atoms with Gasteiger partial charge in [0.2, 0.25) is 0 Å². The summed E-state index contributed by atoms with van der Waals surface area (Å²) >= 11 is 0. The molecule has 0 aliphatic heterocycles. The summed E-state index contributed by atoms with van der Waals surface area (Å²) in [5, 5.41) is 0. The zero-order valence-corrected chi connectivity index (χ0v) is 16.0. The van der Waals surface area contributed by atoms with Crippen LogP contribution in [0.5, 0.6) is 11.5 Å². The lowest BCUT2D eigenvalue weighted by molar-refractivity contribution is 0.0893. The average Bonchev–Trinajstić information content (AvgIpc) is 2.60. The second-order valence-electron chi connectivity index (χ2n) is 6.05. The van der Waals surface area contributed by atoms with E-state index in [1.165, 1.54) is 0 Å². The molecular weight excluding hydrogens is 338 g/mol. The number of nitrogens with zero attached hydrogens (tertiary/aromatic N) is 1. The molecule has 0 unspecified atom stereocenters. The maximum absolute atomic E-state index is 13.2. The number of halogens is 1. The molecule has 5 heteroatoms. The standard InChI is InChI=1S/C20H25NO3.ClH/c1-21(2)14-16(13-15-9-6-5-7-10-15)19(22)17-11-8-12-18(23-3)20(17)24-4;/h5-12,16H,13-14H2,1-4H3;1H/t16-;/m0./s1. The minimum atomic E-state index is -0.150. The van der Waals surface area contributed by atoms with Gasteiger partial charge in [-0.1, -0.05) is 36.4 Å². The Hall–Kier alpha value is -2.04. The Morgan fingerprint density at radius 2 is 1.68 bits per heavy atom. The molecule has 0 N–H and O–H groups in total. The van der Waals surface area contributed by atoms with Gasteiger partial charge in [-0.2, -0.15) is 0 Å². The smallest absolute Gasteiger partial charge is 0.171 e. The van der Waals surface area contributed by atoms with Crippen LogP contribution in [0.3, 0.4) is 0 Å². The molecule has 25 heavy (non-hydrogen) atoms. The van der Waals surface area contributed by atoms with Gasteiger partial charge in [0, 0.05) is 12.5 Å². The van der Waals surface area contributed by atoms with Gasteiger partial charge in [0.25, 0.3) is 0 Å². The van der Waals surface area contributed by atoms with Crippen molar-refractivity contribution in [3.63, 3.8) is 0 Å². The van der Waals surface area contributed by atoms with Crippen molar-refractivity contribution in [2.45, 2.75) is 6.42 Å². The van der Waals surface area contributed by atoms with E-state index >= 15 is 0 Å². The molecule has 2 aromatic rings. The molecule has 136 valence electrons. The molecule has 0 amide bonds. The Morgan fingerprint density at radius 3 is 2.24 bits per heavy atom. The summed E-state index contributed by atoms with van der Waals surface area (Å²) < 4.78 is 10.8. The Balaban J connectivity index is 0.00000312. The van der Waals surface area contributed by atoms with Crippen molar-refractivity contribution in [1.82, 2.24) is 4.90 Å².